The Labute approximate surface area is 243 Å². The number of fused-ring (bicyclic) bond motifs is 3. The maximum Gasteiger partial charge on any atom is 0.339 e. The topological polar surface area (TPSA) is 124 Å². The SMILES string of the molecule is COC1=C[C@]23CCCN2CCc2cc4c(cc2[C@@H]3C1OC(=O)[C@@](O)(CCCC(C)(C)O)CC(=O)OCC(F)F)OCO4. The summed E-state index contributed by atoms with van der Waals surface area (Å²) in [7, 11) is 1.49. The van der Waals surface area contributed by atoms with E-state index in [1.165, 1.54) is 7.11 Å². The van der Waals surface area contributed by atoms with Crippen molar-refractivity contribution in [3.05, 3.63) is 35.1 Å². The molecule has 10 nitrogen and oxygen atoms in total. The molecule has 232 valence electrons. The number of esters is 2. The first-order chi connectivity index (χ1) is 19.8. The van der Waals surface area contributed by atoms with Crippen molar-refractivity contribution in [2.24, 2.45) is 0 Å². The predicted molar refractivity (Wildman–Crippen MR) is 144 cm³/mol. The number of carbonyl (C=O) groups excluding carboxylic acids is 2. The van der Waals surface area contributed by atoms with E-state index in [-0.39, 0.29) is 26.1 Å². The third kappa shape index (κ3) is 5.93. The summed E-state index contributed by atoms with van der Waals surface area (Å²) in [5, 5.41) is 21.7. The minimum atomic E-state index is -2.89. The Bertz CT molecular complexity index is 1230. The molecule has 1 aliphatic carbocycles. The zero-order chi connectivity index (χ0) is 30.3. The van der Waals surface area contributed by atoms with E-state index in [0.29, 0.717) is 17.3 Å². The molecule has 3 heterocycles. The van der Waals surface area contributed by atoms with Crippen LogP contribution in [0.4, 0.5) is 8.78 Å². The van der Waals surface area contributed by atoms with Crippen LogP contribution in [0.1, 0.15) is 69.4 Å². The number of carbonyl (C=O) groups is 2. The van der Waals surface area contributed by atoms with E-state index in [1.807, 2.05) is 18.2 Å². The van der Waals surface area contributed by atoms with Gasteiger partial charge in [-0.05, 0) is 88.3 Å². The van der Waals surface area contributed by atoms with Crippen molar-refractivity contribution in [1.29, 1.82) is 0 Å². The van der Waals surface area contributed by atoms with Gasteiger partial charge in [0.05, 0.1) is 30.6 Å². The fourth-order valence-corrected chi connectivity index (χ4v) is 6.84. The minimum Gasteiger partial charge on any atom is -0.497 e. The summed E-state index contributed by atoms with van der Waals surface area (Å²) < 4.78 is 53.1. The lowest BCUT2D eigenvalue weighted by atomic mass is 9.77. The summed E-state index contributed by atoms with van der Waals surface area (Å²) >= 11 is 0. The Kier molecular flexibility index (Phi) is 8.43. The molecule has 4 atom stereocenters. The lowest BCUT2D eigenvalue weighted by molar-refractivity contribution is -0.180. The second kappa shape index (κ2) is 11.6. The molecule has 4 aliphatic rings. The minimum absolute atomic E-state index is 0.111. The van der Waals surface area contributed by atoms with E-state index in [9.17, 15) is 28.6 Å². The summed E-state index contributed by atoms with van der Waals surface area (Å²) in [6.45, 7) is 3.74. The third-order valence-corrected chi connectivity index (χ3v) is 8.76. The van der Waals surface area contributed by atoms with Crippen LogP contribution in [0.25, 0.3) is 0 Å². The summed E-state index contributed by atoms with van der Waals surface area (Å²) in [4.78, 5) is 28.6. The molecule has 1 saturated heterocycles. The van der Waals surface area contributed by atoms with Gasteiger partial charge in [0.2, 0.25) is 6.79 Å². The molecule has 1 aromatic rings. The van der Waals surface area contributed by atoms with Crippen LogP contribution in [0.2, 0.25) is 0 Å². The zero-order valence-electron chi connectivity index (χ0n) is 24.2. The summed E-state index contributed by atoms with van der Waals surface area (Å²) in [5.41, 5.74) is -2.03. The van der Waals surface area contributed by atoms with Gasteiger partial charge in [0, 0.05) is 6.54 Å². The molecular formula is C30H39F2NO9. The number of ether oxygens (including phenoxy) is 5. The smallest absolute Gasteiger partial charge is 0.339 e. The van der Waals surface area contributed by atoms with Crippen LogP contribution in [-0.4, -0.2) is 89.9 Å². The van der Waals surface area contributed by atoms with Gasteiger partial charge in [0.1, 0.15) is 5.76 Å². The number of benzene rings is 1. The molecule has 0 radical (unpaired) electrons. The summed E-state index contributed by atoms with van der Waals surface area (Å²) in [5.74, 6) is -0.982. The molecule has 0 amide bonds. The highest BCUT2D eigenvalue weighted by molar-refractivity contribution is 5.86. The standard InChI is InChI=1S/C30H39F2NO9/c1-28(2,36)7-4-9-30(37,15-24(34)39-16-23(31)32)27(35)42-26-22(38-3)14-29-8-5-10-33(29)11-6-18-12-20-21(41-17-40-20)13-19(18)25(26)29/h12-14,23,25-26,36-37H,4-11,15-17H2,1-3H3/t25-,26?,29+,30-/m1/s1. The van der Waals surface area contributed by atoms with Crippen molar-refractivity contribution in [2.45, 2.75) is 94.0 Å². The fourth-order valence-electron chi connectivity index (χ4n) is 6.84. The molecule has 42 heavy (non-hydrogen) atoms. The van der Waals surface area contributed by atoms with Crippen LogP contribution in [0.5, 0.6) is 11.5 Å². The van der Waals surface area contributed by atoms with E-state index in [2.05, 4.69) is 9.64 Å². The van der Waals surface area contributed by atoms with Crippen LogP contribution in [-0.2, 0) is 30.2 Å². The normalized spacial score (nSPS) is 26.0. The van der Waals surface area contributed by atoms with Crippen molar-refractivity contribution < 1.29 is 52.3 Å². The van der Waals surface area contributed by atoms with Crippen molar-refractivity contribution in [2.75, 3.05) is 33.6 Å². The Hall–Kier alpha value is -2.96. The molecule has 1 aromatic carbocycles. The number of alkyl halides is 2. The maximum atomic E-state index is 13.8. The Morgan fingerprint density at radius 1 is 1.17 bits per heavy atom. The molecule has 3 aliphatic heterocycles. The van der Waals surface area contributed by atoms with E-state index < -0.39 is 60.2 Å². The molecule has 2 N–H and O–H groups in total. The third-order valence-electron chi connectivity index (χ3n) is 8.76. The van der Waals surface area contributed by atoms with E-state index in [4.69, 9.17) is 18.9 Å². The number of hydrogen-bond donors (Lipinski definition) is 2. The number of rotatable bonds is 11. The first-order valence-electron chi connectivity index (χ1n) is 14.4. The van der Waals surface area contributed by atoms with Gasteiger partial charge in [-0.15, -0.1) is 0 Å². The quantitative estimate of drug-likeness (QED) is 0.369. The van der Waals surface area contributed by atoms with E-state index >= 15 is 0 Å². The first kappa shape index (κ1) is 30.5. The average molecular weight is 596 g/mol. The summed E-state index contributed by atoms with van der Waals surface area (Å²) in [6.07, 6.45) is -0.124. The predicted octanol–water partition coefficient (Wildman–Crippen LogP) is 3.22. The van der Waals surface area contributed by atoms with Gasteiger partial charge < -0.3 is 33.9 Å². The van der Waals surface area contributed by atoms with Crippen LogP contribution in [0, 0.1) is 0 Å². The molecule has 0 aromatic heterocycles. The molecule has 0 bridgehead atoms. The Balaban J connectivity index is 1.47. The zero-order valence-corrected chi connectivity index (χ0v) is 24.2. The highest BCUT2D eigenvalue weighted by Gasteiger charge is 2.59. The van der Waals surface area contributed by atoms with Gasteiger partial charge in [0.15, 0.2) is 29.8 Å². The van der Waals surface area contributed by atoms with Crippen LogP contribution in [0.3, 0.4) is 0 Å². The monoisotopic (exact) mass is 595 g/mol. The van der Waals surface area contributed by atoms with Crippen molar-refractivity contribution in [1.82, 2.24) is 4.90 Å². The lowest BCUT2D eigenvalue weighted by Crippen LogP contribution is -2.49. The number of aliphatic hydroxyl groups is 2. The second-order valence-electron chi connectivity index (χ2n) is 12.2. The number of methoxy groups -OCH3 is 1. The molecule has 1 unspecified atom stereocenters. The maximum absolute atomic E-state index is 13.8. The summed E-state index contributed by atoms with van der Waals surface area (Å²) in [6, 6.07) is 3.89. The van der Waals surface area contributed by atoms with Gasteiger partial charge in [0.25, 0.3) is 6.43 Å². The Morgan fingerprint density at radius 3 is 2.60 bits per heavy atom. The molecule has 0 saturated carbocycles. The number of nitrogens with zero attached hydrogens (tertiary/aromatic N) is 1. The highest BCUT2D eigenvalue weighted by Crippen LogP contribution is 2.55. The van der Waals surface area contributed by atoms with Crippen molar-refractivity contribution in [3.63, 3.8) is 0 Å². The van der Waals surface area contributed by atoms with Gasteiger partial charge >= 0.3 is 11.9 Å². The van der Waals surface area contributed by atoms with E-state index in [1.54, 1.807) is 13.8 Å². The largest absolute Gasteiger partial charge is 0.497 e. The Morgan fingerprint density at radius 2 is 1.90 bits per heavy atom. The molecule has 1 fully saturated rings. The van der Waals surface area contributed by atoms with Gasteiger partial charge in [-0.25, -0.2) is 13.6 Å². The van der Waals surface area contributed by atoms with Gasteiger partial charge in [-0.1, -0.05) is 0 Å². The molecule has 5 rings (SSSR count). The van der Waals surface area contributed by atoms with Crippen LogP contribution in [0.15, 0.2) is 24.0 Å². The number of hydrogen-bond acceptors (Lipinski definition) is 10. The fraction of sp³-hybridized carbons (Fsp3) is 0.667. The van der Waals surface area contributed by atoms with E-state index in [0.717, 1.165) is 43.5 Å². The van der Waals surface area contributed by atoms with Crippen molar-refractivity contribution >= 4 is 11.9 Å². The van der Waals surface area contributed by atoms with Crippen LogP contribution >= 0.6 is 0 Å². The van der Waals surface area contributed by atoms with Crippen LogP contribution < -0.4 is 9.47 Å². The number of halogens is 2. The molecule has 12 heteroatoms. The molecule has 1 spiro atoms. The van der Waals surface area contributed by atoms with Crippen molar-refractivity contribution in [3.8, 4) is 11.5 Å². The second-order valence-corrected chi connectivity index (χ2v) is 12.2. The molecular weight excluding hydrogens is 556 g/mol. The highest BCUT2D eigenvalue weighted by atomic mass is 19.3. The lowest BCUT2D eigenvalue weighted by Gasteiger charge is -2.39. The first-order valence-corrected chi connectivity index (χ1v) is 14.4. The van der Waals surface area contributed by atoms with Gasteiger partial charge in [-0.3, -0.25) is 9.69 Å². The van der Waals surface area contributed by atoms with Gasteiger partial charge in [-0.2, -0.15) is 0 Å². The average Bonchev–Trinajstić information content (AvgIpc) is 3.60.